The van der Waals surface area contributed by atoms with Crippen molar-refractivity contribution in [3.63, 3.8) is 0 Å². The second kappa shape index (κ2) is 7.59. The standard InChI is InChI=1S/C21H19N5O3/c1-14-4-3-11-25-19(14)22-12-17(21(25)28)20(27)24-18-9-10-23-26(18)13-15-5-7-16(29-2)8-6-15/h3-12H,13H2,1-2H3,(H,24,27). The van der Waals surface area contributed by atoms with Gasteiger partial charge in [0.05, 0.1) is 19.9 Å². The van der Waals surface area contributed by atoms with Crippen molar-refractivity contribution >= 4 is 17.4 Å². The van der Waals surface area contributed by atoms with Gasteiger partial charge in [-0.15, -0.1) is 0 Å². The summed E-state index contributed by atoms with van der Waals surface area (Å²) in [5, 5.41) is 7.01. The SMILES string of the molecule is COc1ccc(Cn2nccc2NC(=O)c2cnc3c(C)cccn3c2=O)cc1. The average molecular weight is 389 g/mol. The van der Waals surface area contributed by atoms with E-state index in [2.05, 4.69) is 15.4 Å². The molecule has 4 rings (SSSR count). The predicted octanol–water partition coefficient (Wildman–Crippen LogP) is 2.51. The number of nitrogens with one attached hydrogen (secondary N) is 1. The highest BCUT2D eigenvalue weighted by atomic mass is 16.5. The number of rotatable bonds is 5. The van der Waals surface area contributed by atoms with Gasteiger partial charge in [0, 0.05) is 18.5 Å². The van der Waals surface area contributed by atoms with Crippen molar-refractivity contribution in [2.24, 2.45) is 0 Å². The Morgan fingerprint density at radius 2 is 1.97 bits per heavy atom. The molecule has 3 aromatic heterocycles. The number of pyridine rings is 1. The van der Waals surface area contributed by atoms with Crippen LogP contribution in [0.2, 0.25) is 0 Å². The summed E-state index contributed by atoms with van der Waals surface area (Å²) in [7, 11) is 1.61. The number of fused-ring (bicyclic) bond motifs is 1. The lowest BCUT2D eigenvalue weighted by Crippen LogP contribution is -2.27. The zero-order valence-corrected chi connectivity index (χ0v) is 16.0. The fraction of sp³-hybridized carbons (Fsp3) is 0.143. The van der Waals surface area contributed by atoms with Crippen LogP contribution in [0.15, 0.2) is 65.8 Å². The number of nitrogens with zero attached hydrogens (tertiary/aromatic N) is 4. The number of ether oxygens (including phenoxy) is 1. The van der Waals surface area contributed by atoms with Crippen molar-refractivity contribution < 1.29 is 9.53 Å². The molecular weight excluding hydrogens is 370 g/mol. The molecule has 3 heterocycles. The van der Waals surface area contributed by atoms with Gasteiger partial charge in [0.1, 0.15) is 22.8 Å². The second-order valence-corrected chi connectivity index (χ2v) is 6.54. The lowest BCUT2D eigenvalue weighted by molar-refractivity contribution is 0.102. The third-order valence-electron chi connectivity index (χ3n) is 4.62. The van der Waals surface area contributed by atoms with E-state index in [0.29, 0.717) is 18.0 Å². The lowest BCUT2D eigenvalue weighted by atomic mass is 10.2. The Morgan fingerprint density at radius 3 is 2.72 bits per heavy atom. The molecule has 0 aliphatic heterocycles. The maximum Gasteiger partial charge on any atom is 0.270 e. The minimum absolute atomic E-state index is 0.0368. The number of hydrogen-bond acceptors (Lipinski definition) is 5. The average Bonchev–Trinajstić information content (AvgIpc) is 3.16. The molecule has 0 bridgehead atoms. The van der Waals surface area contributed by atoms with Crippen LogP contribution in [0.3, 0.4) is 0 Å². The van der Waals surface area contributed by atoms with Crippen LogP contribution in [0.1, 0.15) is 21.5 Å². The zero-order valence-electron chi connectivity index (χ0n) is 16.0. The normalized spacial score (nSPS) is 10.8. The first-order chi connectivity index (χ1) is 14.1. The first-order valence-electron chi connectivity index (χ1n) is 9.00. The third-order valence-corrected chi connectivity index (χ3v) is 4.62. The van der Waals surface area contributed by atoms with Crippen LogP contribution in [-0.2, 0) is 6.54 Å². The van der Waals surface area contributed by atoms with E-state index in [9.17, 15) is 9.59 Å². The second-order valence-electron chi connectivity index (χ2n) is 6.54. The van der Waals surface area contributed by atoms with Gasteiger partial charge in [-0.05, 0) is 36.2 Å². The molecule has 4 aromatic rings. The van der Waals surface area contributed by atoms with E-state index in [1.807, 2.05) is 37.3 Å². The summed E-state index contributed by atoms with van der Waals surface area (Å²) in [4.78, 5) is 29.7. The van der Waals surface area contributed by atoms with E-state index in [0.717, 1.165) is 16.9 Å². The van der Waals surface area contributed by atoms with Crippen LogP contribution in [0, 0.1) is 6.92 Å². The van der Waals surface area contributed by atoms with Crippen molar-refractivity contribution in [3.05, 3.63) is 88.1 Å². The summed E-state index contributed by atoms with van der Waals surface area (Å²) in [6, 6.07) is 12.9. The third kappa shape index (κ3) is 3.60. The highest BCUT2D eigenvalue weighted by molar-refractivity contribution is 6.03. The van der Waals surface area contributed by atoms with Crippen LogP contribution in [0.5, 0.6) is 5.75 Å². The van der Waals surface area contributed by atoms with E-state index in [1.165, 1.54) is 10.6 Å². The molecule has 0 aliphatic rings. The van der Waals surface area contributed by atoms with Gasteiger partial charge in [0.15, 0.2) is 0 Å². The van der Waals surface area contributed by atoms with Gasteiger partial charge in [-0.3, -0.25) is 14.0 Å². The Hall–Kier alpha value is -3.94. The molecule has 0 atom stereocenters. The smallest absolute Gasteiger partial charge is 0.270 e. The van der Waals surface area contributed by atoms with Gasteiger partial charge in [0.25, 0.3) is 11.5 Å². The minimum atomic E-state index is -0.533. The van der Waals surface area contributed by atoms with Gasteiger partial charge in [-0.25, -0.2) is 9.67 Å². The van der Waals surface area contributed by atoms with Gasteiger partial charge in [0.2, 0.25) is 0 Å². The molecule has 0 unspecified atom stereocenters. The molecule has 1 N–H and O–H groups in total. The first kappa shape index (κ1) is 18.4. The molecule has 0 saturated carbocycles. The van der Waals surface area contributed by atoms with Crippen LogP contribution in [-0.4, -0.2) is 32.2 Å². The molecule has 0 aliphatic carbocycles. The Labute approximate surface area is 166 Å². The van der Waals surface area contributed by atoms with Gasteiger partial charge in [-0.1, -0.05) is 18.2 Å². The number of anilines is 1. The summed E-state index contributed by atoms with van der Waals surface area (Å²) in [6.45, 7) is 2.32. The Morgan fingerprint density at radius 1 is 1.17 bits per heavy atom. The summed E-state index contributed by atoms with van der Waals surface area (Å²) in [6.07, 6.45) is 4.50. The molecule has 29 heavy (non-hydrogen) atoms. The number of carbonyl (C=O) groups is 1. The van der Waals surface area contributed by atoms with Crippen molar-refractivity contribution in [1.29, 1.82) is 0 Å². The zero-order chi connectivity index (χ0) is 20.4. The fourth-order valence-corrected chi connectivity index (χ4v) is 3.06. The molecule has 8 heteroatoms. The molecule has 1 amide bonds. The summed E-state index contributed by atoms with van der Waals surface area (Å²) >= 11 is 0. The molecule has 0 fully saturated rings. The molecule has 8 nitrogen and oxygen atoms in total. The Kier molecular flexibility index (Phi) is 4.82. The largest absolute Gasteiger partial charge is 0.497 e. The van der Waals surface area contributed by atoms with Crippen molar-refractivity contribution in [1.82, 2.24) is 19.2 Å². The summed E-state index contributed by atoms with van der Waals surface area (Å²) in [5.74, 6) is 0.719. The number of aryl methyl sites for hydroxylation is 1. The number of aromatic nitrogens is 4. The van der Waals surface area contributed by atoms with E-state index in [4.69, 9.17) is 4.74 Å². The first-order valence-corrected chi connectivity index (χ1v) is 9.00. The maximum absolute atomic E-state index is 12.7. The van der Waals surface area contributed by atoms with Crippen LogP contribution in [0.25, 0.3) is 5.65 Å². The summed E-state index contributed by atoms with van der Waals surface area (Å²) in [5.41, 5.74) is 1.92. The van der Waals surface area contributed by atoms with Crippen LogP contribution >= 0.6 is 0 Å². The van der Waals surface area contributed by atoms with E-state index in [1.54, 1.807) is 36.3 Å². The quantitative estimate of drug-likeness (QED) is 0.566. The molecule has 0 radical (unpaired) electrons. The topological polar surface area (TPSA) is 90.5 Å². The van der Waals surface area contributed by atoms with Crippen molar-refractivity contribution in [2.45, 2.75) is 13.5 Å². The molecule has 0 spiro atoms. The predicted molar refractivity (Wildman–Crippen MR) is 108 cm³/mol. The van der Waals surface area contributed by atoms with Crippen molar-refractivity contribution in [3.8, 4) is 5.75 Å². The lowest BCUT2D eigenvalue weighted by Gasteiger charge is -2.10. The van der Waals surface area contributed by atoms with Crippen LogP contribution in [0.4, 0.5) is 5.82 Å². The van der Waals surface area contributed by atoms with E-state index < -0.39 is 11.5 Å². The van der Waals surface area contributed by atoms with Gasteiger partial charge in [-0.2, -0.15) is 5.10 Å². The number of methoxy groups -OCH3 is 1. The number of amides is 1. The van der Waals surface area contributed by atoms with E-state index >= 15 is 0 Å². The molecule has 1 aromatic carbocycles. The van der Waals surface area contributed by atoms with Crippen LogP contribution < -0.4 is 15.6 Å². The molecular formula is C21H19N5O3. The van der Waals surface area contributed by atoms with Crippen molar-refractivity contribution in [2.75, 3.05) is 12.4 Å². The Bertz CT molecular complexity index is 1240. The van der Waals surface area contributed by atoms with Gasteiger partial charge < -0.3 is 10.1 Å². The van der Waals surface area contributed by atoms with E-state index in [-0.39, 0.29) is 5.56 Å². The minimum Gasteiger partial charge on any atom is -0.497 e. The molecule has 0 saturated heterocycles. The molecule has 146 valence electrons. The highest BCUT2D eigenvalue weighted by Gasteiger charge is 2.16. The fourth-order valence-electron chi connectivity index (χ4n) is 3.06. The Balaban J connectivity index is 1.58. The summed E-state index contributed by atoms with van der Waals surface area (Å²) < 4.78 is 8.18. The monoisotopic (exact) mass is 389 g/mol. The highest BCUT2D eigenvalue weighted by Crippen LogP contribution is 2.15. The number of hydrogen-bond donors (Lipinski definition) is 1. The number of carbonyl (C=O) groups excluding carboxylic acids is 1. The maximum atomic E-state index is 12.7. The number of benzene rings is 1. The van der Waals surface area contributed by atoms with Gasteiger partial charge >= 0.3 is 0 Å².